The van der Waals surface area contributed by atoms with Gasteiger partial charge in [-0.2, -0.15) is 0 Å². The first-order chi connectivity index (χ1) is 10.0. The van der Waals surface area contributed by atoms with Gasteiger partial charge in [-0.05, 0) is 35.9 Å². The molecule has 0 saturated heterocycles. The Morgan fingerprint density at radius 1 is 1.14 bits per heavy atom. The van der Waals surface area contributed by atoms with Gasteiger partial charge in [-0.15, -0.1) is 0 Å². The fraction of sp³-hybridized carbons (Fsp3) is 0.294. The summed E-state index contributed by atoms with van der Waals surface area (Å²) < 4.78 is 20.3. The first kappa shape index (κ1) is 16.0. The Labute approximate surface area is 133 Å². The summed E-state index contributed by atoms with van der Waals surface area (Å²) in [4.78, 5) is 0. The van der Waals surface area contributed by atoms with Crippen LogP contribution in [0.2, 0.25) is 0 Å². The molecule has 112 valence electrons. The van der Waals surface area contributed by atoms with Crippen LogP contribution in [0.1, 0.15) is 25.0 Å². The molecule has 2 aromatic rings. The van der Waals surface area contributed by atoms with Gasteiger partial charge >= 0.3 is 0 Å². The van der Waals surface area contributed by atoms with E-state index in [4.69, 9.17) is 4.74 Å². The number of halogens is 2. The van der Waals surface area contributed by atoms with Crippen LogP contribution in [0.4, 0.5) is 4.39 Å². The Balaban J connectivity index is 2.06. The van der Waals surface area contributed by atoms with Gasteiger partial charge in [0.2, 0.25) is 0 Å². The van der Waals surface area contributed by atoms with Crippen molar-refractivity contribution in [3.63, 3.8) is 0 Å². The lowest BCUT2D eigenvalue weighted by Crippen LogP contribution is -2.22. The van der Waals surface area contributed by atoms with Crippen molar-refractivity contribution in [2.45, 2.75) is 33.0 Å². The maximum atomic E-state index is 13.4. The Morgan fingerprint density at radius 3 is 2.52 bits per heavy atom. The molecular formula is C17H19BrFNO. The minimum absolute atomic E-state index is 0.244. The molecule has 4 heteroatoms. The van der Waals surface area contributed by atoms with Crippen LogP contribution in [0.15, 0.2) is 46.9 Å². The number of hydrogen-bond donors (Lipinski definition) is 1. The number of rotatable bonds is 6. The molecule has 0 amide bonds. The molecule has 0 radical (unpaired) electrons. The minimum Gasteiger partial charge on any atom is -0.489 e. The van der Waals surface area contributed by atoms with Crippen LogP contribution in [-0.2, 0) is 13.2 Å². The number of nitrogens with one attached hydrogen (secondary N) is 1. The summed E-state index contributed by atoms with van der Waals surface area (Å²) in [7, 11) is 0. The van der Waals surface area contributed by atoms with E-state index in [0.717, 1.165) is 15.6 Å². The second kappa shape index (κ2) is 7.57. The van der Waals surface area contributed by atoms with E-state index >= 15 is 0 Å². The van der Waals surface area contributed by atoms with E-state index in [1.807, 2.05) is 24.3 Å². The van der Waals surface area contributed by atoms with Crippen molar-refractivity contribution >= 4 is 15.9 Å². The molecule has 2 aromatic carbocycles. The fourth-order valence-corrected chi connectivity index (χ4v) is 2.15. The summed E-state index contributed by atoms with van der Waals surface area (Å²) in [5.41, 5.74) is 1.91. The molecule has 0 heterocycles. The van der Waals surface area contributed by atoms with E-state index in [1.165, 1.54) is 12.1 Å². The maximum absolute atomic E-state index is 13.4. The van der Waals surface area contributed by atoms with Crippen molar-refractivity contribution < 1.29 is 9.13 Å². The van der Waals surface area contributed by atoms with Crippen molar-refractivity contribution in [1.29, 1.82) is 0 Å². The van der Waals surface area contributed by atoms with Crippen LogP contribution in [0.3, 0.4) is 0 Å². The highest BCUT2D eigenvalue weighted by Crippen LogP contribution is 2.21. The molecule has 0 saturated carbocycles. The third-order valence-electron chi connectivity index (χ3n) is 3.03. The predicted octanol–water partition coefficient (Wildman–Crippen LogP) is 4.67. The highest BCUT2D eigenvalue weighted by atomic mass is 79.9. The zero-order chi connectivity index (χ0) is 15.2. The molecule has 0 atom stereocenters. The largest absolute Gasteiger partial charge is 0.489 e. The highest BCUT2D eigenvalue weighted by molar-refractivity contribution is 9.10. The van der Waals surface area contributed by atoms with Gasteiger partial charge in [0.25, 0.3) is 0 Å². The zero-order valence-corrected chi connectivity index (χ0v) is 13.8. The Kier molecular flexibility index (Phi) is 5.76. The summed E-state index contributed by atoms with van der Waals surface area (Å²) in [5.74, 6) is 0.471. The second-order valence-corrected chi connectivity index (χ2v) is 6.12. The summed E-state index contributed by atoms with van der Waals surface area (Å²) in [6.07, 6.45) is 0. The van der Waals surface area contributed by atoms with Crippen molar-refractivity contribution in [3.8, 4) is 5.75 Å². The third-order valence-corrected chi connectivity index (χ3v) is 3.56. The molecule has 0 spiro atoms. The van der Waals surface area contributed by atoms with Gasteiger partial charge in [-0.1, -0.05) is 41.9 Å². The quantitative estimate of drug-likeness (QED) is 0.816. The van der Waals surface area contributed by atoms with Gasteiger partial charge in [-0.25, -0.2) is 4.39 Å². The van der Waals surface area contributed by atoms with Gasteiger partial charge in [0.1, 0.15) is 18.2 Å². The van der Waals surface area contributed by atoms with Gasteiger partial charge in [-0.3, -0.25) is 0 Å². The highest BCUT2D eigenvalue weighted by Gasteiger charge is 2.07. The molecular weight excluding hydrogens is 333 g/mol. The topological polar surface area (TPSA) is 21.3 Å². The Hall–Kier alpha value is -1.39. The summed E-state index contributed by atoms with van der Waals surface area (Å²) >= 11 is 3.40. The van der Waals surface area contributed by atoms with E-state index in [2.05, 4.69) is 35.1 Å². The van der Waals surface area contributed by atoms with E-state index in [1.54, 1.807) is 6.07 Å². The van der Waals surface area contributed by atoms with Gasteiger partial charge in [0, 0.05) is 22.6 Å². The molecule has 0 aliphatic rings. The van der Waals surface area contributed by atoms with Crippen molar-refractivity contribution in [3.05, 3.63) is 63.9 Å². The van der Waals surface area contributed by atoms with Gasteiger partial charge in [0.05, 0.1) is 0 Å². The van der Waals surface area contributed by atoms with Crippen LogP contribution in [-0.4, -0.2) is 6.04 Å². The van der Waals surface area contributed by atoms with E-state index in [-0.39, 0.29) is 5.82 Å². The Morgan fingerprint density at radius 2 is 1.86 bits per heavy atom. The van der Waals surface area contributed by atoms with Crippen LogP contribution >= 0.6 is 15.9 Å². The molecule has 0 aliphatic carbocycles. The number of ether oxygens (including phenoxy) is 1. The first-order valence-corrected chi connectivity index (χ1v) is 7.73. The third kappa shape index (κ3) is 5.14. The molecule has 21 heavy (non-hydrogen) atoms. The van der Waals surface area contributed by atoms with E-state index in [9.17, 15) is 4.39 Å². The van der Waals surface area contributed by atoms with Crippen LogP contribution < -0.4 is 10.1 Å². The molecule has 2 nitrogen and oxygen atoms in total. The van der Waals surface area contributed by atoms with E-state index in [0.29, 0.717) is 24.9 Å². The minimum atomic E-state index is -0.244. The standard InChI is InChI=1S/C17H19BrFNO/c1-12(2)20-10-14-9-16(19)7-8-17(14)21-11-13-3-5-15(18)6-4-13/h3-9,12,20H,10-11H2,1-2H3. The number of benzene rings is 2. The van der Waals surface area contributed by atoms with Crippen molar-refractivity contribution in [1.82, 2.24) is 5.32 Å². The average Bonchev–Trinajstić information content (AvgIpc) is 2.45. The van der Waals surface area contributed by atoms with E-state index < -0.39 is 0 Å². The summed E-state index contributed by atoms with van der Waals surface area (Å²) in [5, 5.41) is 3.28. The lowest BCUT2D eigenvalue weighted by molar-refractivity contribution is 0.301. The van der Waals surface area contributed by atoms with Crippen LogP contribution in [0, 0.1) is 5.82 Å². The lowest BCUT2D eigenvalue weighted by Gasteiger charge is -2.14. The monoisotopic (exact) mass is 351 g/mol. The SMILES string of the molecule is CC(C)NCc1cc(F)ccc1OCc1ccc(Br)cc1. The predicted molar refractivity (Wildman–Crippen MR) is 86.8 cm³/mol. The maximum Gasteiger partial charge on any atom is 0.124 e. The molecule has 0 aromatic heterocycles. The summed E-state index contributed by atoms with van der Waals surface area (Å²) in [6, 6.07) is 12.9. The number of hydrogen-bond acceptors (Lipinski definition) is 2. The van der Waals surface area contributed by atoms with Crippen LogP contribution in [0.5, 0.6) is 5.75 Å². The second-order valence-electron chi connectivity index (χ2n) is 5.20. The molecule has 0 unspecified atom stereocenters. The van der Waals surface area contributed by atoms with Gasteiger partial charge < -0.3 is 10.1 Å². The smallest absolute Gasteiger partial charge is 0.124 e. The lowest BCUT2D eigenvalue weighted by atomic mass is 10.2. The normalized spacial score (nSPS) is 10.9. The summed E-state index contributed by atoms with van der Waals surface area (Å²) in [6.45, 7) is 5.17. The molecule has 2 rings (SSSR count). The molecule has 1 N–H and O–H groups in total. The van der Waals surface area contributed by atoms with Crippen molar-refractivity contribution in [2.24, 2.45) is 0 Å². The fourth-order valence-electron chi connectivity index (χ4n) is 1.88. The van der Waals surface area contributed by atoms with Crippen molar-refractivity contribution in [2.75, 3.05) is 0 Å². The molecule has 0 fully saturated rings. The molecule has 0 bridgehead atoms. The zero-order valence-electron chi connectivity index (χ0n) is 12.2. The first-order valence-electron chi connectivity index (χ1n) is 6.93. The Bertz CT molecular complexity index is 584. The average molecular weight is 352 g/mol. The van der Waals surface area contributed by atoms with Gasteiger partial charge in [0.15, 0.2) is 0 Å². The van der Waals surface area contributed by atoms with Crippen LogP contribution in [0.25, 0.3) is 0 Å². The molecule has 0 aliphatic heterocycles.